The molecule has 3 nitrogen and oxygen atoms in total. The van der Waals surface area contributed by atoms with Crippen molar-refractivity contribution in [1.82, 2.24) is 0 Å². The van der Waals surface area contributed by atoms with Crippen molar-refractivity contribution in [2.75, 3.05) is 18.7 Å². The third-order valence-electron chi connectivity index (χ3n) is 5.12. The number of hydrogen-bond acceptors (Lipinski definition) is 3. The van der Waals surface area contributed by atoms with Crippen LogP contribution in [-0.4, -0.2) is 35.9 Å². The van der Waals surface area contributed by atoms with E-state index in [9.17, 15) is 9.90 Å². The molecule has 24 heavy (non-hydrogen) atoms. The second-order valence-corrected chi connectivity index (χ2v) is 33.5. The van der Waals surface area contributed by atoms with E-state index in [0.29, 0.717) is 5.56 Å². The summed E-state index contributed by atoms with van der Waals surface area (Å²) in [6.07, 6.45) is 5.09. The standard InChI is InChI=1S/C19H28I2O3/c1-20(2)21-13-12-17(14-21)24-18(22)19(23,16-10-6-7-11-16)15-8-4-3-5-9-15/h3-5,8-9,16-17,23H,6-7,10-14H2,1-2H3. The van der Waals surface area contributed by atoms with Gasteiger partial charge in [-0.15, -0.1) is 0 Å². The summed E-state index contributed by atoms with van der Waals surface area (Å²) in [5, 5.41) is 11.4. The molecule has 1 aliphatic carbocycles. The van der Waals surface area contributed by atoms with Crippen LogP contribution in [0.3, 0.4) is 0 Å². The Labute approximate surface area is 155 Å². The molecule has 2 fully saturated rings. The van der Waals surface area contributed by atoms with Gasteiger partial charge in [0.05, 0.1) is 0 Å². The first-order valence-electron chi connectivity index (χ1n) is 8.63. The van der Waals surface area contributed by atoms with E-state index in [2.05, 4.69) is 9.86 Å². The zero-order valence-corrected chi connectivity index (χ0v) is 18.8. The third-order valence-corrected chi connectivity index (χ3v) is 31.6. The van der Waals surface area contributed by atoms with Crippen molar-refractivity contribution in [3.63, 3.8) is 0 Å². The van der Waals surface area contributed by atoms with Crippen molar-refractivity contribution in [2.24, 2.45) is 5.92 Å². The molecule has 1 aromatic rings. The van der Waals surface area contributed by atoms with E-state index in [1.165, 1.54) is 4.43 Å². The molecule has 0 aromatic heterocycles. The number of carbonyl (C=O) groups excluding carboxylic acids is 1. The Hall–Kier alpha value is 0.110. The molecule has 1 aliphatic heterocycles. The van der Waals surface area contributed by atoms with E-state index in [0.717, 1.165) is 36.5 Å². The molecule has 0 bridgehead atoms. The number of hydrogen-bond donors (Lipinski definition) is 1. The number of esters is 1. The van der Waals surface area contributed by atoms with Crippen LogP contribution in [0.1, 0.15) is 37.7 Å². The Balaban J connectivity index is 1.77. The van der Waals surface area contributed by atoms with Crippen molar-refractivity contribution in [3.05, 3.63) is 35.9 Å². The molecule has 3 rings (SSSR count). The number of ether oxygens (including phenoxy) is 1. The van der Waals surface area contributed by atoms with Gasteiger partial charge in [0, 0.05) is 0 Å². The minimum absolute atomic E-state index is 0.0101. The van der Waals surface area contributed by atoms with E-state index in [4.69, 9.17) is 4.74 Å². The molecule has 1 saturated heterocycles. The second-order valence-electron chi connectivity index (χ2n) is 6.83. The van der Waals surface area contributed by atoms with Crippen LogP contribution in [0.25, 0.3) is 0 Å². The van der Waals surface area contributed by atoms with Gasteiger partial charge in [-0.3, -0.25) is 0 Å². The number of aliphatic hydroxyl groups is 1. The fourth-order valence-corrected chi connectivity index (χ4v) is 22.7. The second kappa shape index (κ2) is 8.20. The fraction of sp³-hybridized carbons (Fsp3) is 0.632. The average molecular weight is 558 g/mol. The van der Waals surface area contributed by atoms with Gasteiger partial charge < -0.3 is 0 Å². The van der Waals surface area contributed by atoms with Crippen LogP contribution in [0, 0.1) is 5.92 Å². The number of alkyl halides is 4. The molecule has 5 heteroatoms. The predicted molar refractivity (Wildman–Crippen MR) is 116 cm³/mol. The third kappa shape index (κ3) is 3.92. The van der Waals surface area contributed by atoms with Gasteiger partial charge in [0.1, 0.15) is 0 Å². The van der Waals surface area contributed by atoms with Gasteiger partial charge in [0.15, 0.2) is 0 Å². The van der Waals surface area contributed by atoms with Crippen LogP contribution in [0.2, 0.25) is 0 Å². The maximum absolute atomic E-state index is 13.0. The Kier molecular flexibility index (Phi) is 6.46. The van der Waals surface area contributed by atoms with E-state index in [1.807, 2.05) is 30.3 Å². The fourth-order valence-electron chi connectivity index (χ4n) is 3.73. The van der Waals surface area contributed by atoms with Gasteiger partial charge in [-0.25, -0.2) is 0 Å². The molecular weight excluding hydrogens is 530 g/mol. The Bertz CT molecular complexity index is 557. The van der Waals surface area contributed by atoms with Crippen LogP contribution in [0.15, 0.2) is 30.3 Å². The molecule has 2 unspecified atom stereocenters. The summed E-state index contributed by atoms with van der Waals surface area (Å²) in [6.45, 7) is 0. The van der Waals surface area contributed by atoms with E-state index < -0.39 is 43.3 Å². The summed E-state index contributed by atoms with van der Waals surface area (Å²) in [4.78, 5) is 18.0. The minimum atomic E-state index is -1.46. The molecule has 1 heterocycles. The van der Waals surface area contributed by atoms with Crippen LogP contribution in [0.5, 0.6) is 0 Å². The zero-order chi connectivity index (χ0) is 17.2. The number of benzene rings is 1. The van der Waals surface area contributed by atoms with Gasteiger partial charge in [-0.2, -0.15) is 0 Å². The quantitative estimate of drug-likeness (QED) is 0.328. The first kappa shape index (κ1) is 18.9. The van der Waals surface area contributed by atoms with Gasteiger partial charge in [0.2, 0.25) is 0 Å². The summed E-state index contributed by atoms with van der Waals surface area (Å²) >= 11 is -1.50. The summed E-state index contributed by atoms with van der Waals surface area (Å²) in [6, 6.07) is 9.45. The van der Waals surface area contributed by atoms with Crippen molar-refractivity contribution in [2.45, 2.75) is 43.8 Å². The van der Waals surface area contributed by atoms with Crippen molar-refractivity contribution in [1.29, 1.82) is 0 Å². The Morgan fingerprint density at radius 3 is 2.46 bits per heavy atom. The molecule has 1 aromatic carbocycles. The van der Waals surface area contributed by atoms with E-state index in [1.54, 1.807) is 0 Å². The zero-order valence-electron chi connectivity index (χ0n) is 14.5. The molecule has 0 spiro atoms. The van der Waals surface area contributed by atoms with Crippen molar-refractivity contribution >= 4 is 37.7 Å². The van der Waals surface area contributed by atoms with Gasteiger partial charge in [0.25, 0.3) is 0 Å². The van der Waals surface area contributed by atoms with E-state index in [-0.39, 0.29) is 12.0 Å². The SMILES string of the molecule is CI(C)I1CCC(OC(=O)C(O)(c2ccccc2)C2CCCC2)C1. The summed E-state index contributed by atoms with van der Waals surface area (Å²) in [5.74, 6) is -0.403. The molecule has 1 saturated carbocycles. The summed E-state index contributed by atoms with van der Waals surface area (Å²) < 4.78 is 8.40. The van der Waals surface area contributed by atoms with Crippen molar-refractivity contribution in [3.8, 4) is 0 Å². The monoisotopic (exact) mass is 558 g/mol. The van der Waals surface area contributed by atoms with Crippen molar-refractivity contribution < 1.29 is 14.6 Å². The van der Waals surface area contributed by atoms with Crippen LogP contribution >= 0.6 is 31.7 Å². The topological polar surface area (TPSA) is 46.5 Å². The normalized spacial score (nSPS) is 26.2. The molecular formula is C19H28I2O3. The average Bonchev–Trinajstić information content (AvgIpc) is 3.26. The predicted octanol–water partition coefficient (Wildman–Crippen LogP) is 4.57. The maximum atomic E-state index is 13.0. The number of rotatable bonds is 5. The molecule has 1 N–H and O–H groups in total. The Morgan fingerprint density at radius 1 is 1.21 bits per heavy atom. The molecule has 0 amide bonds. The van der Waals surface area contributed by atoms with Crippen LogP contribution < -0.4 is 0 Å². The summed E-state index contributed by atoms with van der Waals surface area (Å²) in [5.41, 5.74) is -0.759. The summed E-state index contributed by atoms with van der Waals surface area (Å²) in [7, 11) is 0. The van der Waals surface area contributed by atoms with Gasteiger partial charge in [-0.05, 0) is 0 Å². The van der Waals surface area contributed by atoms with E-state index >= 15 is 0 Å². The first-order chi connectivity index (χ1) is 11.5. The first-order valence-corrected chi connectivity index (χ1v) is 22.3. The van der Waals surface area contributed by atoms with Crippen LogP contribution in [0.4, 0.5) is 0 Å². The molecule has 2 atom stereocenters. The van der Waals surface area contributed by atoms with Gasteiger partial charge >= 0.3 is 157 Å². The van der Waals surface area contributed by atoms with Crippen LogP contribution in [-0.2, 0) is 15.1 Å². The Morgan fingerprint density at radius 2 is 1.88 bits per heavy atom. The number of carbonyl (C=O) groups is 1. The molecule has 0 radical (unpaired) electrons. The molecule has 136 valence electrons. The number of halogens is 2. The molecule has 2 aliphatic rings. The van der Waals surface area contributed by atoms with Gasteiger partial charge in [-0.1, -0.05) is 0 Å².